The molecule has 1 rings (SSSR count). The van der Waals surface area contributed by atoms with E-state index in [0.29, 0.717) is 12.6 Å². The van der Waals surface area contributed by atoms with E-state index in [2.05, 4.69) is 12.2 Å². The summed E-state index contributed by atoms with van der Waals surface area (Å²) in [7, 11) is 0. The molecule has 0 aromatic heterocycles. The van der Waals surface area contributed by atoms with Gasteiger partial charge >= 0.3 is 0 Å². The Labute approximate surface area is 106 Å². The quantitative estimate of drug-likeness (QED) is 0.739. The fourth-order valence-corrected chi connectivity index (χ4v) is 2.52. The van der Waals surface area contributed by atoms with E-state index in [1.54, 1.807) is 0 Å². The first-order chi connectivity index (χ1) is 7.76. The molecule has 0 bridgehead atoms. The first-order valence-electron chi connectivity index (χ1n) is 5.49. The van der Waals surface area contributed by atoms with Crippen molar-refractivity contribution < 1.29 is 5.11 Å². The molecule has 0 aliphatic heterocycles. The van der Waals surface area contributed by atoms with E-state index in [1.807, 2.05) is 36.0 Å². The maximum atomic E-state index is 8.74. The zero-order chi connectivity index (χ0) is 11.8. The molecular formula is C12H18ClNOS. The fourth-order valence-electron chi connectivity index (χ4n) is 1.32. The van der Waals surface area contributed by atoms with Crippen LogP contribution in [0.25, 0.3) is 0 Å². The summed E-state index contributed by atoms with van der Waals surface area (Å²) < 4.78 is 0. The van der Waals surface area contributed by atoms with Crippen LogP contribution in [0, 0.1) is 0 Å². The number of thioether (sulfide) groups is 1. The fraction of sp³-hybridized carbons (Fsp3) is 0.500. The largest absolute Gasteiger partial charge is 0.395 e. The van der Waals surface area contributed by atoms with Crippen molar-refractivity contribution in [3.8, 4) is 0 Å². The number of aliphatic hydroxyl groups excluding tert-OH is 1. The zero-order valence-electron chi connectivity index (χ0n) is 9.45. The minimum atomic E-state index is 0.197. The third kappa shape index (κ3) is 5.21. The molecule has 90 valence electrons. The van der Waals surface area contributed by atoms with Crippen LogP contribution in [0.1, 0.15) is 13.3 Å². The zero-order valence-corrected chi connectivity index (χ0v) is 11.0. The number of nitrogens with one attached hydrogen (secondary N) is 1. The predicted octanol–water partition coefficient (Wildman–Crippen LogP) is 2.79. The average molecular weight is 260 g/mol. The lowest BCUT2D eigenvalue weighted by Crippen LogP contribution is -2.32. The molecule has 2 N–H and O–H groups in total. The second-order valence-electron chi connectivity index (χ2n) is 3.55. The van der Waals surface area contributed by atoms with Gasteiger partial charge in [-0.3, -0.25) is 0 Å². The molecule has 1 aromatic carbocycles. The van der Waals surface area contributed by atoms with Gasteiger partial charge in [0.25, 0.3) is 0 Å². The normalized spacial score (nSPS) is 12.7. The Balaban J connectivity index is 2.34. The van der Waals surface area contributed by atoms with Crippen LogP contribution in [-0.2, 0) is 0 Å². The summed E-state index contributed by atoms with van der Waals surface area (Å²) in [5.41, 5.74) is 0. The molecule has 0 fully saturated rings. The number of hydrogen-bond donors (Lipinski definition) is 2. The summed E-state index contributed by atoms with van der Waals surface area (Å²) in [5, 5.41) is 12.8. The second kappa shape index (κ2) is 7.96. The molecule has 0 heterocycles. The lowest BCUT2D eigenvalue weighted by molar-refractivity contribution is 0.285. The molecule has 1 aromatic rings. The monoisotopic (exact) mass is 259 g/mol. The van der Waals surface area contributed by atoms with Gasteiger partial charge in [-0.05, 0) is 30.7 Å². The van der Waals surface area contributed by atoms with E-state index >= 15 is 0 Å². The van der Waals surface area contributed by atoms with Gasteiger partial charge in [-0.1, -0.05) is 18.5 Å². The molecule has 4 heteroatoms. The van der Waals surface area contributed by atoms with E-state index < -0.39 is 0 Å². The van der Waals surface area contributed by atoms with Gasteiger partial charge in [0.1, 0.15) is 0 Å². The molecular weight excluding hydrogens is 242 g/mol. The Kier molecular flexibility index (Phi) is 6.88. The highest BCUT2D eigenvalue weighted by atomic mass is 35.5. The maximum absolute atomic E-state index is 8.74. The van der Waals surface area contributed by atoms with E-state index in [1.165, 1.54) is 4.90 Å². The number of rotatable bonds is 7. The van der Waals surface area contributed by atoms with Crippen LogP contribution < -0.4 is 5.32 Å². The summed E-state index contributed by atoms with van der Waals surface area (Å²) in [6.45, 7) is 3.01. The van der Waals surface area contributed by atoms with Gasteiger partial charge in [0, 0.05) is 28.3 Å². The molecule has 0 amide bonds. The van der Waals surface area contributed by atoms with Gasteiger partial charge in [-0.15, -0.1) is 11.8 Å². The first-order valence-corrected chi connectivity index (χ1v) is 6.85. The van der Waals surface area contributed by atoms with Gasteiger partial charge in [-0.25, -0.2) is 0 Å². The molecule has 1 unspecified atom stereocenters. The third-order valence-electron chi connectivity index (χ3n) is 2.30. The minimum absolute atomic E-state index is 0.197. The van der Waals surface area contributed by atoms with Gasteiger partial charge < -0.3 is 10.4 Å². The van der Waals surface area contributed by atoms with Crippen molar-refractivity contribution in [1.82, 2.24) is 5.32 Å². The summed E-state index contributed by atoms with van der Waals surface area (Å²) in [4.78, 5) is 1.23. The Bertz CT molecular complexity index is 292. The lowest BCUT2D eigenvalue weighted by Gasteiger charge is -2.15. The van der Waals surface area contributed by atoms with Crippen LogP contribution in [0.3, 0.4) is 0 Å². The van der Waals surface area contributed by atoms with Gasteiger partial charge in [-0.2, -0.15) is 0 Å². The molecule has 16 heavy (non-hydrogen) atoms. The predicted molar refractivity (Wildman–Crippen MR) is 71.3 cm³/mol. The van der Waals surface area contributed by atoms with Crippen LogP contribution in [-0.4, -0.2) is 30.1 Å². The van der Waals surface area contributed by atoms with Crippen molar-refractivity contribution in [1.29, 1.82) is 0 Å². The molecule has 0 saturated carbocycles. The van der Waals surface area contributed by atoms with Crippen molar-refractivity contribution in [2.75, 3.05) is 18.9 Å². The Morgan fingerprint density at radius 3 is 2.62 bits per heavy atom. The number of hydrogen-bond acceptors (Lipinski definition) is 3. The van der Waals surface area contributed by atoms with Crippen LogP contribution in [0.15, 0.2) is 29.2 Å². The van der Waals surface area contributed by atoms with Crippen LogP contribution in [0.5, 0.6) is 0 Å². The molecule has 0 saturated heterocycles. The summed E-state index contributed by atoms with van der Waals surface area (Å²) in [6.07, 6.45) is 1.07. The Morgan fingerprint density at radius 2 is 2.06 bits per heavy atom. The average Bonchev–Trinajstić information content (AvgIpc) is 2.32. The van der Waals surface area contributed by atoms with E-state index in [9.17, 15) is 0 Å². The van der Waals surface area contributed by atoms with E-state index in [0.717, 1.165) is 17.2 Å². The molecule has 2 nitrogen and oxygen atoms in total. The molecule has 0 spiro atoms. The van der Waals surface area contributed by atoms with Crippen LogP contribution in [0.4, 0.5) is 0 Å². The van der Waals surface area contributed by atoms with Crippen LogP contribution >= 0.6 is 23.4 Å². The van der Waals surface area contributed by atoms with Gasteiger partial charge in [0.05, 0.1) is 6.61 Å². The topological polar surface area (TPSA) is 32.3 Å². The summed E-state index contributed by atoms with van der Waals surface area (Å²) in [6, 6.07) is 8.34. The van der Waals surface area contributed by atoms with Gasteiger partial charge in [0.15, 0.2) is 0 Å². The smallest absolute Gasteiger partial charge is 0.0556 e. The highest BCUT2D eigenvalue weighted by Crippen LogP contribution is 2.21. The highest BCUT2D eigenvalue weighted by Gasteiger charge is 2.05. The van der Waals surface area contributed by atoms with Crippen molar-refractivity contribution in [2.24, 2.45) is 0 Å². The lowest BCUT2D eigenvalue weighted by atomic mass is 10.2. The molecule has 0 aliphatic carbocycles. The number of benzene rings is 1. The third-order valence-corrected chi connectivity index (χ3v) is 3.73. The summed E-state index contributed by atoms with van der Waals surface area (Å²) in [5.74, 6) is 1.01. The second-order valence-corrected chi connectivity index (χ2v) is 5.08. The summed E-state index contributed by atoms with van der Waals surface area (Å²) >= 11 is 7.63. The van der Waals surface area contributed by atoms with Crippen molar-refractivity contribution >= 4 is 23.4 Å². The van der Waals surface area contributed by atoms with Crippen molar-refractivity contribution in [3.63, 3.8) is 0 Å². The van der Waals surface area contributed by atoms with Crippen LogP contribution in [0.2, 0.25) is 5.02 Å². The first kappa shape index (κ1) is 13.8. The minimum Gasteiger partial charge on any atom is -0.395 e. The van der Waals surface area contributed by atoms with E-state index in [-0.39, 0.29) is 6.61 Å². The maximum Gasteiger partial charge on any atom is 0.0556 e. The number of aliphatic hydroxyl groups is 1. The highest BCUT2D eigenvalue weighted by molar-refractivity contribution is 7.99. The van der Waals surface area contributed by atoms with E-state index in [4.69, 9.17) is 16.7 Å². The standard InChI is InChI=1S/C12H18ClNOS/c1-2-11(14-7-8-15)9-16-12-5-3-10(13)4-6-12/h3-6,11,14-15H,2,7-9H2,1H3. The molecule has 0 aliphatic rings. The Morgan fingerprint density at radius 1 is 1.38 bits per heavy atom. The Hall–Kier alpha value is -0.220. The van der Waals surface area contributed by atoms with Crippen molar-refractivity contribution in [2.45, 2.75) is 24.3 Å². The molecule has 1 atom stereocenters. The molecule has 0 radical (unpaired) electrons. The number of halogens is 1. The van der Waals surface area contributed by atoms with Gasteiger partial charge in [0.2, 0.25) is 0 Å². The van der Waals surface area contributed by atoms with Crippen molar-refractivity contribution in [3.05, 3.63) is 29.3 Å². The SMILES string of the molecule is CCC(CSc1ccc(Cl)cc1)NCCO.